The van der Waals surface area contributed by atoms with Crippen molar-refractivity contribution in [2.75, 3.05) is 12.4 Å². The molecule has 2 rings (SSSR count). The number of amides is 1. The molecule has 2 aromatic rings. The number of carbonyl (C=O) groups is 1. The zero-order valence-corrected chi connectivity index (χ0v) is 14.0. The van der Waals surface area contributed by atoms with E-state index in [1.54, 1.807) is 13.1 Å². The van der Waals surface area contributed by atoms with Gasteiger partial charge in [-0.25, -0.2) is 0 Å². The maximum Gasteiger partial charge on any atom is 0.241 e. The number of halogens is 2. The molecule has 0 aromatic heterocycles. The zero-order chi connectivity index (χ0) is 16.1. The van der Waals surface area contributed by atoms with Crippen LogP contribution in [0.25, 0.3) is 11.1 Å². The predicted octanol–water partition coefficient (Wildman–Crippen LogP) is 4.60. The Balaban J connectivity index is 2.13. The standard InChI is InChI=1S/C17H18Cl2N2O/c1-3-16(20-2)17(22)21-13-7-4-11(5-8-13)12-6-9-14(18)15(19)10-12/h4-10,16,20H,3H2,1-2H3,(H,21,22). The minimum Gasteiger partial charge on any atom is -0.325 e. The van der Waals surface area contributed by atoms with Crippen molar-refractivity contribution in [1.82, 2.24) is 5.32 Å². The molecule has 2 N–H and O–H groups in total. The average molecular weight is 337 g/mol. The summed E-state index contributed by atoms with van der Waals surface area (Å²) in [6.45, 7) is 1.97. The van der Waals surface area contributed by atoms with E-state index in [4.69, 9.17) is 23.2 Å². The summed E-state index contributed by atoms with van der Waals surface area (Å²) in [5.41, 5.74) is 2.76. The zero-order valence-electron chi connectivity index (χ0n) is 12.5. The molecule has 1 unspecified atom stereocenters. The fourth-order valence-corrected chi connectivity index (χ4v) is 2.47. The van der Waals surface area contributed by atoms with Gasteiger partial charge in [-0.3, -0.25) is 4.79 Å². The van der Waals surface area contributed by atoms with Gasteiger partial charge in [-0.15, -0.1) is 0 Å². The van der Waals surface area contributed by atoms with Crippen molar-refractivity contribution in [1.29, 1.82) is 0 Å². The number of likely N-dealkylation sites (N-methyl/N-ethyl adjacent to an activating group) is 1. The summed E-state index contributed by atoms with van der Waals surface area (Å²) in [6, 6.07) is 12.9. The van der Waals surface area contributed by atoms with E-state index in [1.807, 2.05) is 43.3 Å². The van der Waals surface area contributed by atoms with Crippen molar-refractivity contribution in [3.05, 3.63) is 52.5 Å². The second-order valence-electron chi connectivity index (χ2n) is 4.94. The molecule has 116 valence electrons. The largest absolute Gasteiger partial charge is 0.325 e. The Morgan fingerprint density at radius 1 is 1.05 bits per heavy atom. The van der Waals surface area contributed by atoms with Crippen molar-refractivity contribution < 1.29 is 4.79 Å². The molecule has 1 amide bonds. The number of nitrogens with one attached hydrogen (secondary N) is 2. The third kappa shape index (κ3) is 4.01. The molecule has 0 bridgehead atoms. The van der Waals surface area contributed by atoms with Gasteiger partial charge in [0.05, 0.1) is 16.1 Å². The Morgan fingerprint density at radius 3 is 2.23 bits per heavy atom. The van der Waals surface area contributed by atoms with Gasteiger partial charge in [0.15, 0.2) is 0 Å². The summed E-state index contributed by atoms with van der Waals surface area (Å²) >= 11 is 12.0. The number of anilines is 1. The van der Waals surface area contributed by atoms with Crippen LogP contribution in [0.4, 0.5) is 5.69 Å². The molecule has 0 radical (unpaired) electrons. The molecule has 22 heavy (non-hydrogen) atoms. The highest BCUT2D eigenvalue weighted by molar-refractivity contribution is 6.42. The highest BCUT2D eigenvalue weighted by atomic mass is 35.5. The van der Waals surface area contributed by atoms with Gasteiger partial charge in [-0.1, -0.05) is 48.3 Å². The summed E-state index contributed by atoms with van der Waals surface area (Å²) in [4.78, 5) is 12.0. The minimum absolute atomic E-state index is 0.0349. The van der Waals surface area contributed by atoms with E-state index in [2.05, 4.69) is 10.6 Å². The summed E-state index contributed by atoms with van der Waals surface area (Å²) in [5.74, 6) is -0.0349. The van der Waals surface area contributed by atoms with Crippen LogP contribution in [0.1, 0.15) is 13.3 Å². The molecule has 0 aliphatic rings. The molecule has 0 saturated heterocycles. The van der Waals surface area contributed by atoms with Crippen LogP contribution >= 0.6 is 23.2 Å². The molecule has 5 heteroatoms. The SMILES string of the molecule is CCC(NC)C(=O)Nc1ccc(-c2ccc(Cl)c(Cl)c2)cc1. The molecule has 2 aromatic carbocycles. The van der Waals surface area contributed by atoms with Crippen LogP contribution in [0, 0.1) is 0 Å². The van der Waals surface area contributed by atoms with Crippen LogP contribution < -0.4 is 10.6 Å². The second-order valence-corrected chi connectivity index (χ2v) is 5.76. The first-order chi connectivity index (χ1) is 10.5. The van der Waals surface area contributed by atoms with Crippen molar-refractivity contribution >= 4 is 34.8 Å². The number of hydrogen-bond donors (Lipinski definition) is 2. The normalized spacial score (nSPS) is 12.0. The molecule has 3 nitrogen and oxygen atoms in total. The lowest BCUT2D eigenvalue weighted by atomic mass is 10.1. The highest BCUT2D eigenvalue weighted by Crippen LogP contribution is 2.29. The van der Waals surface area contributed by atoms with Crippen LogP contribution in [0.15, 0.2) is 42.5 Å². The Labute approximate surface area is 140 Å². The fraction of sp³-hybridized carbons (Fsp3) is 0.235. The van der Waals surface area contributed by atoms with Crippen LogP contribution in [0.5, 0.6) is 0 Å². The quantitative estimate of drug-likeness (QED) is 0.837. The van der Waals surface area contributed by atoms with Gasteiger partial charge in [-0.2, -0.15) is 0 Å². The maximum atomic E-state index is 12.0. The first-order valence-corrected chi connectivity index (χ1v) is 7.84. The molecule has 1 atom stereocenters. The smallest absolute Gasteiger partial charge is 0.241 e. The summed E-state index contributed by atoms with van der Waals surface area (Å²) < 4.78 is 0. The molecule has 0 aliphatic carbocycles. The molecule has 0 saturated carbocycles. The van der Waals surface area contributed by atoms with Gasteiger partial charge in [0.1, 0.15) is 0 Å². The summed E-state index contributed by atoms with van der Waals surface area (Å²) in [7, 11) is 1.78. The Kier molecular flexibility index (Phi) is 5.83. The minimum atomic E-state index is -0.185. The van der Waals surface area contributed by atoms with Gasteiger partial charge >= 0.3 is 0 Å². The predicted molar refractivity (Wildman–Crippen MR) is 93.7 cm³/mol. The highest BCUT2D eigenvalue weighted by Gasteiger charge is 2.13. The molecular formula is C17H18Cl2N2O. The number of carbonyl (C=O) groups excluding carboxylic acids is 1. The number of rotatable bonds is 5. The second kappa shape index (κ2) is 7.63. The Morgan fingerprint density at radius 2 is 1.68 bits per heavy atom. The lowest BCUT2D eigenvalue weighted by Crippen LogP contribution is -2.37. The van der Waals surface area contributed by atoms with Gasteiger partial charge in [0.2, 0.25) is 5.91 Å². The first-order valence-electron chi connectivity index (χ1n) is 7.08. The monoisotopic (exact) mass is 336 g/mol. The molecule has 0 spiro atoms. The Bertz CT molecular complexity index is 652. The maximum absolute atomic E-state index is 12.0. The first kappa shape index (κ1) is 16.8. The van der Waals surface area contributed by atoms with Crippen LogP contribution in [-0.4, -0.2) is 19.0 Å². The van der Waals surface area contributed by atoms with Crippen molar-refractivity contribution in [2.24, 2.45) is 0 Å². The molecule has 0 aliphatic heterocycles. The molecule has 0 fully saturated rings. The van der Waals surface area contributed by atoms with Crippen LogP contribution in [0.2, 0.25) is 10.0 Å². The topological polar surface area (TPSA) is 41.1 Å². The molecule has 0 heterocycles. The van der Waals surface area contributed by atoms with Gasteiger partial charge in [0, 0.05) is 5.69 Å². The van der Waals surface area contributed by atoms with Gasteiger partial charge in [-0.05, 0) is 48.9 Å². The van der Waals surface area contributed by atoms with Crippen molar-refractivity contribution in [3.63, 3.8) is 0 Å². The van der Waals surface area contributed by atoms with Crippen molar-refractivity contribution in [3.8, 4) is 11.1 Å². The summed E-state index contributed by atoms with van der Waals surface area (Å²) in [6.07, 6.45) is 0.740. The van der Waals surface area contributed by atoms with Crippen LogP contribution in [-0.2, 0) is 4.79 Å². The van der Waals surface area contributed by atoms with E-state index >= 15 is 0 Å². The number of benzene rings is 2. The van der Waals surface area contributed by atoms with Crippen molar-refractivity contribution in [2.45, 2.75) is 19.4 Å². The summed E-state index contributed by atoms with van der Waals surface area (Å²) in [5, 5.41) is 6.93. The molecular weight excluding hydrogens is 319 g/mol. The third-order valence-corrected chi connectivity index (χ3v) is 4.22. The van der Waals surface area contributed by atoms with Gasteiger partial charge < -0.3 is 10.6 Å². The van der Waals surface area contributed by atoms with E-state index < -0.39 is 0 Å². The average Bonchev–Trinajstić information content (AvgIpc) is 2.52. The van der Waals surface area contributed by atoms with Crippen LogP contribution in [0.3, 0.4) is 0 Å². The van der Waals surface area contributed by atoms with Gasteiger partial charge in [0.25, 0.3) is 0 Å². The fourth-order valence-electron chi connectivity index (χ4n) is 2.17. The lowest BCUT2D eigenvalue weighted by molar-refractivity contribution is -0.118. The van der Waals surface area contributed by atoms with E-state index in [1.165, 1.54) is 0 Å². The Hall–Kier alpha value is -1.55. The third-order valence-electron chi connectivity index (χ3n) is 3.48. The van der Waals surface area contributed by atoms with E-state index in [9.17, 15) is 4.79 Å². The number of hydrogen-bond acceptors (Lipinski definition) is 2. The lowest BCUT2D eigenvalue weighted by Gasteiger charge is -2.14. The van der Waals surface area contributed by atoms with E-state index in [-0.39, 0.29) is 11.9 Å². The van der Waals surface area contributed by atoms with E-state index in [0.717, 1.165) is 23.2 Å². The van der Waals surface area contributed by atoms with E-state index in [0.29, 0.717) is 10.0 Å².